The predicted molar refractivity (Wildman–Crippen MR) is 109 cm³/mol. The van der Waals surface area contributed by atoms with Gasteiger partial charge in [-0.25, -0.2) is 14.8 Å². The molecule has 0 amide bonds. The van der Waals surface area contributed by atoms with Crippen LogP contribution in [0.5, 0.6) is 0 Å². The van der Waals surface area contributed by atoms with E-state index in [4.69, 9.17) is 20.8 Å². The zero-order chi connectivity index (χ0) is 21.1. The Kier molecular flexibility index (Phi) is 5.85. The van der Waals surface area contributed by atoms with E-state index in [-0.39, 0.29) is 22.8 Å². The molecule has 0 aliphatic rings. The molecule has 0 spiro atoms. The average molecular weight is 411 g/mol. The number of benzene rings is 1. The molecule has 0 unspecified atom stereocenters. The van der Waals surface area contributed by atoms with E-state index < -0.39 is 5.97 Å². The zero-order valence-corrected chi connectivity index (χ0v) is 17.2. The van der Waals surface area contributed by atoms with Crippen LogP contribution in [0, 0.1) is 32.1 Å². The van der Waals surface area contributed by atoms with Crippen LogP contribution in [-0.2, 0) is 11.2 Å². The number of anilines is 2. The second-order valence-corrected chi connectivity index (χ2v) is 6.89. The first-order valence-electron chi connectivity index (χ1n) is 8.81. The summed E-state index contributed by atoms with van der Waals surface area (Å²) in [4.78, 5) is 21.0. The van der Waals surface area contributed by atoms with Crippen molar-refractivity contribution in [3.8, 4) is 6.07 Å². The molecule has 0 radical (unpaired) electrons. The Morgan fingerprint density at radius 3 is 2.55 bits per heavy atom. The quantitative estimate of drug-likeness (QED) is 0.611. The molecule has 29 heavy (non-hydrogen) atoms. The maximum atomic E-state index is 12.0. The fraction of sp³-hybridized carbons (Fsp3) is 0.238. The van der Waals surface area contributed by atoms with E-state index in [0.29, 0.717) is 23.1 Å². The van der Waals surface area contributed by atoms with E-state index in [1.807, 2.05) is 37.3 Å². The van der Waals surface area contributed by atoms with E-state index in [1.165, 1.54) is 7.11 Å². The standard InChI is InChI=1S/C21H19ClN4O3/c1-11-16(9-14-5-7-15(22)8-6-14)19(25-13(3)24-11)26-20-17(10-23)18(12(2)29-20)21(27)28-4/h5-8H,9H2,1-4H3,(H,24,25,26). The Morgan fingerprint density at radius 1 is 1.24 bits per heavy atom. The monoisotopic (exact) mass is 410 g/mol. The number of furan rings is 1. The van der Waals surface area contributed by atoms with Crippen LogP contribution in [-0.4, -0.2) is 23.0 Å². The average Bonchev–Trinajstić information content (AvgIpc) is 3.00. The van der Waals surface area contributed by atoms with Crippen LogP contribution in [0.2, 0.25) is 5.02 Å². The molecule has 0 saturated heterocycles. The molecule has 0 fully saturated rings. The first-order chi connectivity index (χ1) is 13.8. The Hall–Kier alpha value is -3.37. The highest BCUT2D eigenvalue weighted by molar-refractivity contribution is 6.30. The van der Waals surface area contributed by atoms with Crippen molar-refractivity contribution < 1.29 is 13.9 Å². The lowest BCUT2D eigenvalue weighted by atomic mass is 10.0. The molecule has 1 aromatic carbocycles. The normalized spacial score (nSPS) is 10.5. The van der Waals surface area contributed by atoms with Crippen molar-refractivity contribution in [1.29, 1.82) is 5.26 Å². The van der Waals surface area contributed by atoms with E-state index in [1.54, 1.807) is 13.8 Å². The minimum absolute atomic E-state index is 0.0701. The van der Waals surface area contributed by atoms with Crippen molar-refractivity contribution in [3.05, 3.63) is 68.8 Å². The van der Waals surface area contributed by atoms with Gasteiger partial charge >= 0.3 is 5.97 Å². The molecule has 2 heterocycles. The van der Waals surface area contributed by atoms with Crippen molar-refractivity contribution in [2.75, 3.05) is 12.4 Å². The number of aryl methyl sites for hydroxylation is 3. The molecule has 8 heteroatoms. The van der Waals surface area contributed by atoms with Crippen LogP contribution in [0.25, 0.3) is 0 Å². The number of hydrogen-bond donors (Lipinski definition) is 1. The van der Waals surface area contributed by atoms with Gasteiger partial charge in [-0.3, -0.25) is 0 Å². The summed E-state index contributed by atoms with van der Waals surface area (Å²) in [7, 11) is 1.25. The van der Waals surface area contributed by atoms with Crippen molar-refractivity contribution in [1.82, 2.24) is 9.97 Å². The third-order valence-corrected chi connectivity index (χ3v) is 4.69. The second-order valence-electron chi connectivity index (χ2n) is 6.45. The smallest absolute Gasteiger partial charge is 0.342 e. The lowest BCUT2D eigenvalue weighted by molar-refractivity contribution is 0.0598. The summed E-state index contributed by atoms with van der Waals surface area (Å²) in [5, 5.41) is 13.3. The van der Waals surface area contributed by atoms with Crippen molar-refractivity contribution in [2.45, 2.75) is 27.2 Å². The predicted octanol–water partition coefficient (Wildman–Crippen LogP) is 4.64. The molecule has 1 N–H and O–H groups in total. The molecule has 2 aromatic heterocycles. The van der Waals surface area contributed by atoms with Crippen LogP contribution in [0.4, 0.5) is 11.7 Å². The first kappa shape index (κ1) is 20.4. The van der Waals surface area contributed by atoms with Gasteiger partial charge in [-0.15, -0.1) is 0 Å². The molecule has 7 nitrogen and oxygen atoms in total. The van der Waals surface area contributed by atoms with Gasteiger partial charge in [0.1, 0.15) is 34.6 Å². The lowest BCUT2D eigenvalue weighted by Gasteiger charge is -2.13. The fourth-order valence-corrected chi connectivity index (χ4v) is 3.18. The molecule has 0 aliphatic carbocycles. The van der Waals surface area contributed by atoms with E-state index in [2.05, 4.69) is 15.3 Å². The van der Waals surface area contributed by atoms with Gasteiger partial charge in [0.25, 0.3) is 0 Å². The molecule has 0 saturated carbocycles. The summed E-state index contributed by atoms with van der Waals surface area (Å²) in [5.74, 6) is 0.872. The lowest BCUT2D eigenvalue weighted by Crippen LogP contribution is -2.07. The number of methoxy groups -OCH3 is 1. The Balaban J connectivity index is 2.05. The number of halogens is 1. The van der Waals surface area contributed by atoms with Gasteiger partial charge in [0.05, 0.1) is 7.11 Å². The van der Waals surface area contributed by atoms with Gasteiger partial charge in [-0.1, -0.05) is 23.7 Å². The minimum atomic E-state index is -0.632. The largest absolute Gasteiger partial charge is 0.465 e. The minimum Gasteiger partial charge on any atom is -0.465 e. The number of nitrogens with one attached hydrogen (secondary N) is 1. The van der Waals surface area contributed by atoms with Crippen LogP contribution >= 0.6 is 11.6 Å². The van der Waals surface area contributed by atoms with Gasteiger partial charge < -0.3 is 14.5 Å². The highest BCUT2D eigenvalue weighted by Crippen LogP contribution is 2.31. The summed E-state index contributed by atoms with van der Waals surface area (Å²) in [6.07, 6.45) is 0.553. The molecule has 0 atom stereocenters. The Morgan fingerprint density at radius 2 is 1.93 bits per heavy atom. The molecule has 0 aliphatic heterocycles. The number of esters is 1. The van der Waals surface area contributed by atoms with Crippen LogP contribution in [0.1, 0.15) is 44.3 Å². The molecule has 3 rings (SSSR count). The number of nitrogens with zero attached hydrogens (tertiary/aromatic N) is 3. The third-order valence-electron chi connectivity index (χ3n) is 4.44. The highest BCUT2D eigenvalue weighted by atomic mass is 35.5. The fourth-order valence-electron chi connectivity index (χ4n) is 3.05. The number of nitriles is 1. The topological polar surface area (TPSA) is 101 Å². The molecular weight excluding hydrogens is 392 g/mol. The van der Waals surface area contributed by atoms with Gasteiger partial charge in [0.2, 0.25) is 5.88 Å². The molecule has 3 aromatic rings. The molecule has 148 valence electrons. The summed E-state index contributed by atoms with van der Waals surface area (Å²) in [6.45, 7) is 5.27. The maximum absolute atomic E-state index is 12.0. The van der Waals surface area contributed by atoms with Crippen molar-refractivity contribution in [3.63, 3.8) is 0 Å². The Labute approximate surface area is 173 Å². The number of carbonyl (C=O) groups excluding carboxylic acids is 1. The molecular formula is C21H19ClN4O3. The highest BCUT2D eigenvalue weighted by Gasteiger charge is 2.25. The van der Waals surface area contributed by atoms with E-state index in [0.717, 1.165) is 16.8 Å². The number of rotatable bonds is 5. The van der Waals surface area contributed by atoms with Crippen molar-refractivity contribution in [2.24, 2.45) is 0 Å². The first-order valence-corrected chi connectivity index (χ1v) is 9.19. The summed E-state index contributed by atoms with van der Waals surface area (Å²) in [5.41, 5.74) is 2.83. The number of aromatic nitrogens is 2. The van der Waals surface area contributed by atoms with Gasteiger partial charge in [-0.2, -0.15) is 5.26 Å². The summed E-state index contributed by atoms with van der Waals surface area (Å²) >= 11 is 5.98. The van der Waals surface area contributed by atoms with Crippen LogP contribution < -0.4 is 5.32 Å². The van der Waals surface area contributed by atoms with Crippen molar-refractivity contribution >= 4 is 29.3 Å². The van der Waals surface area contributed by atoms with Gasteiger partial charge in [0.15, 0.2) is 0 Å². The maximum Gasteiger partial charge on any atom is 0.342 e. The third kappa shape index (κ3) is 4.23. The Bertz CT molecular complexity index is 1110. The SMILES string of the molecule is COC(=O)c1c(C)oc(Nc2nc(C)nc(C)c2Cc2ccc(Cl)cc2)c1C#N. The number of carbonyl (C=O) groups is 1. The van der Waals surface area contributed by atoms with Gasteiger partial charge in [-0.05, 0) is 38.5 Å². The number of hydrogen-bond acceptors (Lipinski definition) is 7. The van der Waals surface area contributed by atoms with Crippen LogP contribution in [0.3, 0.4) is 0 Å². The zero-order valence-electron chi connectivity index (χ0n) is 16.5. The van der Waals surface area contributed by atoms with Gasteiger partial charge in [0, 0.05) is 22.7 Å². The second kappa shape index (κ2) is 8.33. The van der Waals surface area contributed by atoms with Crippen LogP contribution in [0.15, 0.2) is 28.7 Å². The summed E-state index contributed by atoms with van der Waals surface area (Å²) < 4.78 is 10.4. The number of ether oxygens (including phenoxy) is 1. The van der Waals surface area contributed by atoms with E-state index >= 15 is 0 Å². The summed E-state index contributed by atoms with van der Waals surface area (Å²) in [6, 6.07) is 9.51. The molecule has 0 bridgehead atoms. The van der Waals surface area contributed by atoms with E-state index in [9.17, 15) is 10.1 Å².